The summed E-state index contributed by atoms with van der Waals surface area (Å²) >= 11 is 4.55. The molecule has 13 atom stereocenters. The molecule has 18 heteroatoms. The Labute approximate surface area is 487 Å². The smallest absolute Gasteiger partial charge is 1.00 e. The molecular formula is C56H100BClN8NaO4S3. The first kappa shape index (κ1) is 65.0. The molecule has 12 nitrogen and oxygen atoms in total. The third kappa shape index (κ3) is 13.6. The fourth-order valence-electron chi connectivity index (χ4n) is 17.6. The first-order valence-corrected chi connectivity index (χ1v) is 32.7. The van der Waals surface area contributed by atoms with E-state index in [0.717, 1.165) is 35.5 Å². The molecule has 12 saturated carbocycles. The van der Waals surface area contributed by atoms with Gasteiger partial charge in [-0.25, -0.2) is 17.3 Å². The average molecular weight is 1110 g/mol. The van der Waals surface area contributed by atoms with Gasteiger partial charge in [-0.05, 0) is 253 Å². The molecule has 12 fully saturated rings. The summed E-state index contributed by atoms with van der Waals surface area (Å²) in [5.74, 6) is 7.16. The molecule has 417 valence electrons. The van der Waals surface area contributed by atoms with Gasteiger partial charge in [0.25, 0.3) is 0 Å². The van der Waals surface area contributed by atoms with Crippen LogP contribution < -0.4 is 45.2 Å². The van der Waals surface area contributed by atoms with Crippen molar-refractivity contribution in [2.45, 2.75) is 268 Å². The van der Waals surface area contributed by atoms with Gasteiger partial charge in [-0.3, -0.25) is 9.93 Å². The summed E-state index contributed by atoms with van der Waals surface area (Å²) in [6.07, 6.45) is 38.2. The molecule has 12 rings (SSSR count). The van der Waals surface area contributed by atoms with E-state index in [-0.39, 0.29) is 59.1 Å². The summed E-state index contributed by atoms with van der Waals surface area (Å²) in [5.41, 5.74) is 15.4. The average Bonchev–Trinajstić information content (AvgIpc) is 4.17. The maximum absolute atomic E-state index is 12.4. The van der Waals surface area contributed by atoms with Crippen molar-refractivity contribution in [2.75, 3.05) is 0 Å². The summed E-state index contributed by atoms with van der Waals surface area (Å²) in [5, 5.41) is 10.1. The third-order valence-corrected chi connectivity index (χ3v) is 25.5. The van der Waals surface area contributed by atoms with Crippen LogP contribution in [0.4, 0.5) is 0 Å². The molecular weight excluding hydrogens is 1010 g/mol. The number of carbonyl (C=O) groups excluding carboxylic acids is 1. The summed E-state index contributed by atoms with van der Waals surface area (Å²) < 4.78 is 45.5. The second kappa shape index (κ2) is 26.4. The van der Waals surface area contributed by atoms with Crippen LogP contribution in [0.25, 0.3) is 0 Å². The number of Topliss-reactive ketones (excluding diaryl/α,β-unsaturated/α-hetero) is 1. The van der Waals surface area contributed by atoms with Crippen LogP contribution in [0.3, 0.4) is 0 Å². The minimum atomic E-state index is -1.18. The Kier molecular flexibility index (Phi) is 23.2. The van der Waals surface area contributed by atoms with Crippen molar-refractivity contribution in [2.24, 2.45) is 99.4 Å². The number of rotatable bonds is 4. The van der Waals surface area contributed by atoms with Crippen molar-refractivity contribution in [3.05, 3.63) is 0 Å². The molecule has 0 aromatic carbocycles. The minimum absolute atomic E-state index is 0. The Morgan fingerprint density at radius 2 is 1.04 bits per heavy atom. The van der Waals surface area contributed by atoms with Crippen molar-refractivity contribution >= 4 is 64.6 Å². The molecule has 8 bridgehead atoms. The number of halogens is 1. The van der Waals surface area contributed by atoms with Crippen molar-refractivity contribution < 1.29 is 48.4 Å². The van der Waals surface area contributed by atoms with Crippen LogP contribution in [0.1, 0.15) is 244 Å². The molecule has 12 aliphatic rings. The quantitative estimate of drug-likeness (QED) is 0.123. The molecule has 74 heavy (non-hydrogen) atoms. The largest absolute Gasteiger partial charge is 1.00 e. The Morgan fingerprint density at radius 3 is 1.47 bits per heavy atom. The number of nitrogens with two attached hydrogens (primary N) is 2. The zero-order valence-corrected chi connectivity index (χ0v) is 53.0. The molecule has 0 aromatic heterocycles. The van der Waals surface area contributed by atoms with Crippen molar-refractivity contribution in [1.82, 2.24) is 4.72 Å². The van der Waals surface area contributed by atoms with Crippen LogP contribution in [-0.4, -0.2) is 58.9 Å². The van der Waals surface area contributed by atoms with Crippen LogP contribution >= 0.6 is 11.8 Å². The van der Waals surface area contributed by atoms with Crippen LogP contribution in [0.15, 0.2) is 19.5 Å². The second-order valence-electron chi connectivity index (χ2n) is 27.9. The maximum atomic E-state index is 12.4. The SMILES string of the molecule is CC(C)(C)S(=O)N=C1[C@@H]2CC[C@@H](C2)C12CCCC2.CC(C)(C)S(=O)N[C@H]1[C@@H]2CC[C@@H](C2)C12CCCC2.CC(C)(C)S(N)=O.N=NN=NCl.N[C@H]1[C@@H]2CC[C@@H](C2)C12CCCC2.O=C1[C@@H]2CC[C@@H](C2)C12CCCC2.[B].[H-].[Na+]. The molecule has 4 spiro atoms. The van der Waals surface area contributed by atoms with Crippen LogP contribution in [0, 0.1) is 74.5 Å². The van der Waals surface area contributed by atoms with Gasteiger partial charge in [0.2, 0.25) is 0 Å². The maximum Gasteiger partial charge on any atom is 1.00 e. The van der Waals surface area contributed by atoms with E-state index in [2.05, 4.69) is 52.3 Å². The van der Waals surface area contributed by atoms with E-state index >= 15 is 0 Å². The Bertz CT molecular complexity index is 2030. The molecule has 0 saturated heterocycles. The molecule has 0 aliphatic heterocycles. The van der Waals surface area contributed by atoms with E-state index in [1.165, 1.54) is 185 Å². The second-order valence-corrected chi connectivity index (χ2v) is 33.8. The number of hydrogen-bond donors (Lipinski definition) is 4. The summed E-state index contributed by atoms with van der Waals surface area (Å²) in [7, 11) is -3.15. The zero-order chi connectivity index (χ0) is 52.5. The van der Waals surface area contributed by atoms with Gasteiger partial charge < -0.3 is 7.16 Å². The summed E-state index contributed by atoms with van der Waals surface area (Å²) in [4.78, 5) is 12.0. The normalized spacial score (nSPS) is 36.0. The van der Waals surface area contributed by atoms with E-state index < -0.39 is 33.0 Å². The Morgan fingerprint density at radius 1 is 0.608 bits per heavy atom. The van der Waals surface area contributed by atoms with E-state index in [1.54, 1.807) is 0 Å². The Balaban J connectivity index is 0.000000201. The van der Waals surface area contributed by atoms with Gasteiger partial charge in [0, 0.05) is 43.0 Å². The molecule has 3 radical (unpaired) electrons. The zero-order valence-electron chi connectivity index (χ0n) is 48.8. The van der Waals surface area contributed by atoms with Crippen molar-refractivity contribution in [3.63, 3.8) is 0 Å². The first-order valence-electron chi connectivity index (χ1n) is 28.9. The molecule has 0 aromatic rings. The van der Waals surface area contributed by atoms with E-state index in [9.17, 15) is 17.4 Å². The molecule has 6 N–H and O–H groups in total. The van der Waals surface area contributed by atoms with E-state index in [4.69, 9.17) is 20.8 Å². The number of nitrogens with one attached hydrogen (secondary N) is 2. The van der Waals surface area contributed by atoms with Crippen LogP contribution in [-0.2, 0) is 37.8 Å². The third-order valence-electron chi connectivity index (χ3n) is 21.3. The molecule has 0 amide bonds. The number of ketones is 1. The van der Waals surface area contributed by atoms with Gasteiger partial charge in [0.1, 0.15) is 16.8 Å². The van der Waals surface area contributed by atoms with Crippen LogP contribution in [0.2, 0.25) is 0 Å². The van der Waals surface area contributed by atoms with Gasteiger partial charge in [0.15, 0.2) is 0 Å². The summed E-state index contributed by atoms with van der Waals surface area (Å²) in [6, 6.07) is 1.12. The molecule has 0 heterocycles. The monoisotopic (exact) mass is 1110 g/mol. The van der Waals surface area contributed by atoms with E-state index in [1.807, 2.05) is 41.5 Å². The van der Waals surface area contributed by atoms with Gasteiger partial charge in [-0.1, -0.05) is 56.0 Å². The van der Waals surface area contributed by atoms with Gasteiger partial charge >= 0.3 is 29.6 Å². The fraction of sp³-hybridized carbons (Fsp3) is 0.964. The number of nitrogens with zero attached hydrogens (tertiary/aromatic N) is 4. The van der Waals surface area contributed by atoms with Crippen molar-refractivity contribution in [1.29, 1.82) is 5.53 Å². The standard InChI is InChI=1S/C15H27NOS.C15H25NOS.C11H19N.C11H16O.C4H11NOS.B.ClHN4.Na.H/c2*1-14(2,3)18(17)16-13-11-6-7-12(10-11)15(13)8-4-5-9-15;2*12-10-8-3-4-9(7-8)11(10)5-1-2-6-11;1-4(2,3)7(5)6;;1-3-5-4-2;;/h11-13,16H,4-10H2,1-3H3;11-12H,4-10H2,1-3H3;8-10H,1-7,12H2;8-9H,1-7H2;5H2,1-3H3;;2H;;/q;;;;;;;+1;-1/t11-,12+,13+,18?;11-,12+,18?;8-,9+,10+;8-,9+;;;;;/m1111...../s1. The number of hydrogen-bond acceptors (Lipinski definition) is 7. The predicted octanol–water partition coefficient (Wildman–Crippen LogP) is 10.8. The fourth-order valence-corrected chi connectivity index (χ4v) is 19.4. The van der Waals surface area contributed by atoms with Crippen LogP contribution in [0.5, 0.6) is 0 Å². The molecule has 12 aliphatic carbocycles. The summed E-state index contributed by atoms with van der Waals surface area (Å²) in [6.45, 7) is 17.8. The predicted molar refractivity (Wildman–Crippen MR) is 305 cm³/mol. The van der Waals surface area contributed by atoms with E-state index in [0.29, 0.717) is 45.9 Å². The van der Waals surface area contributed by atoms with Gasteiger partial charge in [-0.2, -0.15) is 9.93 Å². The minimum Gasteiger partial charge on any atom is -1.00 e. The topological polar surface area (TPSA) is 206 Å². The first-order chi connectivity index (χ1) is 33.9. The van der Waals surface area contributed by atoms with Gasteiger partial charge in [-0.15, -0.1) is 0 Å². The number of fused-ring (bicyclic) bond motifs is 12. The molecule has 3 unspecified atom stereocenters. The Hall–Kier alpha value is 0.225. The number of carbonyl (C=O) groups is 1. The van der Waals surface area contributed by atoms with Crippen molar-refractivity contribution in [3.8, 4) is 0 Å². The van der Waals surface area contributed by atoms with Gasteiger partial charge in [0.05, 0.1) is 48.0 Å².